The summed E-state index contributed by atoms with van der Waals surface area (Å²) in [7, 11) is 4.13. The lowest BCUT2D eigenvalue weighted by Gasteiger charge is -2.32. The van der Waals surface area contributed by atoms with Crippen molar-refractivity contribution in [2.75, 3.05) is 45.2 Å². The average molecular weight is 432 g/mol. The van der Waals surface area contributed by atoms with Gasteiger partial charge in [-0.1, -0.05) is 54.6 Å². The molecule has 0 bridgehead atoms. The lowest BCUT2D eigenvalue weighted by molar-refractivity contribution is -0.123. The molecule has 1 aliphatic carbocycles. The van der Waals surface area contributed by atoms with Crippen molar-refractivity contribution in [1.29, 1.82) is 0 Å². The number of carbonyl (C=O) groups excluding carboxylic acids is 1. The number of nitrogens with zero attached hydrogens (tertiary/aromatic N) is 2. The Morgan fingerprint density at radius 3 is 2.50 bits per heavy atom. The van der Waals surface area contributed by atoms with Gasteiger partial charge in [0.05, 0.1) is 0 Å². The van der Waals surface area contributed by atoms with Crippen LogP contribution in [0, 0.1) is 11.3 Å². The first-order valence-electron chi connectivity index (χ1n) is 12.0. The molecular weight excluding hydrogens is 394 g/mol. The molecule has 2 aliphatic rings. The molecule has 1 saturated carbocycles. The first-order chi connectivity index (χ1) is 15.6. The van der Waals surface area contributed by atoms with Gasteiger partial charge in [-0.15, -0.1) is 0 Å². The Labute approximate surface area is 193 Å². The molecule has 1 spiro atoms. The Morgan fingerprint density at radius 1 is 1.09 bits per heavy atom. The first kappa shape index (κ1) is 22.6. The van der Waals surface area contributed by atoms with E-state index in [1.807, 2.05) is 6.07 Å². The predicted octanol–water partition coefficient (Wildman–Crippen LogP) is 4.62. The van der Waals surface area contributed by atoms with Crippen LogP contribution in [0.25, 0.3) is 6.08 Å². The molecule has 0 aromatic heterocycles. The molecule has 4 nitrogen and oxygen atoms in total. The highest BCUT2D eigenvalue weighted by molar-refractivity contribution is 5.82. The molecule has 1 unspecified atom stereocenters. The maximum Gasteiger partial charge on any atom is 0.223 e. The van der Waals surface area contributed by atoms with Crippen LogP contribution in [-0.4, -0.2) is 51.1 Å². The Hall–Kier alpha value is -2.59. The fourth-order valence-electron chi connectivity index (χ4n) is 4.95. The number of carbonyl (C=O) groups is 1. The number of hydrogen-bond donors (Lipinski definition) is 1. The second kappa shape index (κ2) is 10.4. The van der Waals surface area contributed by atoms with E-state index in [-0.39, 0.29) is 17.2 Å². The maximum atomic E-state index is 12.6. The molecule has 32 heavy (non-hydrogen) atoms. The zero-order valence-corrected chi connectivity index (χ0v) is 19.6. The summed E-state index contributed by atoms with van der Waals surface area (Å²) >= 11 is 0. The molecule has 2 aromatic rings. The van der Waals surface area contributed by atoms with E-state index >= 15 is 0 Å². The Bertz CT molecular complexity index is 896. The molecule has 1 saturated heterocycles. The van der Waals surface area contributed by atoms with Gasteiger partial charge in [0.1, 0.15) is 0 Å². The fraction of sp³-hybridized carbons (Fsp3) is 0.464. The molecule has 1 amide bonds. The molecule has 1 N–H and O–H groups in total. The largest absolute Gasteiger partial charge is 0.378 e. The van der Waals surface area contributed by atoms with Gasteiger partial charge < -0.3 is 10.2 Å². The Balaban J connectivity index is 1.14. The monoisotopic (exact) mass is 431 g/mol. The van der Waals surface area contributed by atoms with E-state index in [0.717, 1.165) is 58.3 Å². The number of aryl methyl sites for hydroxylation is 1. The summed E-state index contributed by atoms with van der Waals surface area (Å²) in [5, 5.41) is 3.19. The van der Waals surface area contributed by atoms with Gasteiger partial charge in [-0.2, -0.15) is 0 Å². The van der Waals surface area contributed by atoms with Gasteiger partial charge in [0.25, 0.3) is 0 Å². The number of anilines is 1. The third-order valence-electron chi connectivity index (χ3n) is 7.23. The second-order valence-electron chi connectivity index (χ2n) is 9.69. The quantitative estimate of drug-likeness (QED) is 0.589. The van der Waals surface area contributed by atoms with Gasteiger partial charge >= 0.3 is 0 Å². The van der Waals surface area contributed by atoms with E-state index in [1.54, 1.807) is 0 Å². The van der Waals surface area contributed by atoms with E-state index in [9.17, 15) is 4.79 Å². The minimum atomic E-state index is 0.243. The SMILES string of the molecule is CN(C)c1ccc(C=CCN2CCC3(CC2)CC3C(=O)NCCCc2ccccc2)cc1. The lowest BCUT2D eigenvalue weighted by atomic mass is 9.90. The van der Waals surface area contributed by atoms with E-state index in [1.165, 1.54) is 16.8 Å². The van der Waals surface area contributed by atoms with Gasteiger partial charge in [0.15, 0.2) is 0 Å². The molecule has 2 aromatic carbocycles. The highest BCUT2D eigenvalue weighted by Crippen LogP contribution is 2.59. The zero-order chi connectivity index (χ0) is 22.4. The summed E-state index contributed by atoms with van der Waals surface area (Å²) in [5.74, 6) is 0.528. The predicted molar refractivity (Wildman–Crippen MR) is 134 cm³/mol. The van der Waals surface area contributed by atoms with E-state index in [0.29, 0.717) is 0 Å². The van der Waals surface area contributed by atoms with Crippen molar-refractivity contribution in [2.45, 2.75) is 32.1 Å². The molecule has 170 valence electrons. The van der Waals surface area contributed by atoms with Crippen molar-refractivity contribution in [2.24, 2.45) is 11.3 Å². The smallest absolute Gasteiger partial charge is 0.223 e. The van der Waals surface area contributed by atoms with E-state index in [4.69, 9.17) is 0 Å². The number of piperidine rings is 1. The van der Waals surface area contributed by atoms with Crippen LogP contribution in [0.15, 0.2) is 60.7 Å². The summed E-state index contributed by atoms with van der Waals surface area (Å²) < 4.78 is 0. The molecule has 4 heteroatoms. The van der Waals surface area contributed by atoms with Crippen molar-refractivity contribution < 1.29 is 4.79 Å². The fourth-order valence-corrected chi connectivity index (χ4v) is 4.95. The van der Waals surface area contributed by atoms with Crippen LogP contribution in [0.1, 0.15) is 36.8 Å². The van der Waals surface area contributed by atoms with Crippen molar-refractivity contribution in [3.8, 4) is 0 Å². The maximum absolute atomic E-state index is 12.6. The number of rotatable bonds is 9. The molecule has 0 radical (unpaired) electrons. The van der Waals surface area contributed by atoms with Crippen LogP contribution < -0.4 is 10.2 Å². The molecular formula is C28H37N3O. The van der Waals surface area contributed by atoms with Crippen LogP contribution >= 0.6 is 0 Å². The summed E-state index contributed by atoms with van der Waals surface area (Å²) in [5.41, 5.74) is 4.10. The normalized spacial score (nSPS) is 19.9. The third-order valence-corrected chi connectivity index (χ3v) is 7.23. The average Bonchev–Trinajstić information content (AvgIpc) is 3.52. The minimum Gasteiger partial charge on any atom is -0.378 e. The van der Waals surface area contributed by atoms with Crippen molar-refractivity contribution in [3.63, 3.8) is 0 Å². The number of amides is 1. The van der Waals surface area contributed by atoms with Gasteiger partial charge in [-0.25, -0.2) is 0 Å². The molecule has 1 aliphatic heterocycles. The zero-order valence-electron chi connectivity index (χ0n) is 19.6. The second-order valence-corrected chi connectivity index (χ2v) is 9.69. The molecule has 2 fully saturated rings. The summed E-state index contributed by atoms with van der Waals surface area (Å²) in [6.45, 7) is 3.97. The minimum absolute atomic E-state index is 0.243. The Morgan fingerprint density at radius 2 is 1.81 bits per heavy atom. The van der Waals surface area contributed by atoms with Gasteiger partial charge in [0, 0.05) is 38.8 Å². The van der Waals surface area contributed by atoms with Crippen LogP contribution in [0.3, 0.4) is 0 Å². The van der Waals surface area contributed by atoms with Crippen LogP contribution in [-0.2, 0) is 11.2 Å². The first-order valence-corrected chi connectivity index (χ1v) is 12.0. The number of benzene rings is 2. The van der Waals surface area contributed by atoms with Gasteiger partial charge in [-0.3, -0.25) is 9.69 Å². The number of likely N-dealkylation sites (tertiary alicyclic amines) is 1. The Kier molecular flexibility index (Phi) is 7.31. The van der Waals surface area contributed by atoms with Crippen molar-refractivity contribution in [1.82, 2.24) is 10.2 Å². The van der Waals surface area contributed by atoms with E-state index in [2.05, 4.69) is 89.9 Å². The van der Waals surface area contributed by atoms with Gasteiger partial charge in [-0.05, 0) is 73.9 Å². The van der Waals surface area contributed by atoms with Gasteiger partial charge in [0.2, 0.25) is 5.91 Å². The lowest BCUT2D eigenvalue weighted by Crippen LogP contribution is -2.37. The summed E-state index contributed by atoms with van der Waals surface area (Å²) in [6.07, 6.45) is 9.91. The highest BCUT2D eigenvalue weighted by atomic mass is 16.2. The van der Waals surface area contributed by atoms with Crippen LogP contribution in [0.2, 0.25) is 0 Å². The standard InChI is InChI=1S/C28H37N3O/c1-30(2)25-14-12-24(13-15-25)11-7-19-31-20-16-28(17-21-31)22-26(28)27(32)29-18-6-10-23-8-4-3-5-9-23/h3-5,7-9,11-15,26H,6,10,16-22H2,1-2H3,(H,29,32). The molecule has 1 heterocycles. The molecule has 1 atom stereocenters. The van der Waals surface area contributed by atoms with Crippen LogP contribution in [0.4, 0.5) is 5.69 Å². The van der Waals surface area contributed by atoms with Crippen LogP contribution in [0.5, 0.6) is 0 Å². The number of hydrogen-bond acceptors (Lipinski definition) is 3. The van der Waals surface area contributed by atoms with Crippen molar-refractivity contribution >= 4 is 17.7 Å². The van der Waals surface area contributed by atoms with E-state index < -0.39 is 0 Å². The number of nitrogens with one attached hydrogen (secondary N) is 1. The highest BCUT2D eigenvalue weighted by Gasteiger charge is 2.58. The summed E-state index contributed by atoms with van der Waals surface area (Å²) in [6, 6.07) is 19.2. The summed E-state index contributed by atoms with van der Waals surface area (Å²) in [4.78, 5) is 17.3. The van der Waals surface area contributed by atoms with Crippen molar-refractivity contribution in [3.05, 3.63) is 71.8 Å². The topological polar surface area (TPSA) is 35.6 Å². The third kappa shape index (κ3) is 5.80. The molecule has 4 rings (SSSR count).